The summed E-state index contributed by atoms with van der Waals surface area (Å²) in [6.45, 7) is 14.6. The lowest BCUT2D eigenvalue weighted by Crippen LogP contribution is -2.35. The summed E-state index contributed by atoms with van der Waals surface area (Å²) >= 11 is 0. The van der Waals surface area contributed by atoms with Crippen molar-refractivity contribution >= 4 is 17.4 Å². The number of halogens is 2. The number of fused-ring (bicyclic) bond motifs is 1. The zero-order chi connectivity index (χ0) is 27.6. The van der Waals surface area contributed by atoms with E-state index in [0.717, 1.165) is 67.0 Å². The number of amides is 1. The third kappa shape index (κ3) is 5.33. The lowest BCUT2D eigenvalue weighted by Gasteiger charge is -2.41. The fourth-order valence-corrected chi connectivity index (χ4v) is 5.47. The van der Waals surface area contributed by atoms with Crippen molar-refractivity contribution in [2.24, 2.45) is 5.92 Å². The van der Waals surface area contributed by atoms with Gasteiger partial charge in [0.25, 0.3) is 11.8 Å². The van der Waals surface area contributed by atoms with Crippen molar-refractivity contribution in [1.82, 2.24) is 9.97 Å². The molecule has 1 N–H and O–H groups in total. The molecule has 0 bridgehead atoms. The normalized spacial score (nSPS) is 17.3. The second-order valence-electron chi connectivity index (χ2n) is 10.1. The Morgan fingerprint density at radius 2 is 1.87 bits per heavy atom. The highest BCUT2D eigenvalue weighted by atomic mass is 19.3. The number of aromatic nitrogens is 2. The van der Waals surface area contributed by atoms with Gasteiger partial charge >= 0.3 is 0 Å². The number of aryl methyl sites for hydroxylation is 1. The molecule has 0 aliphatic carbocycles. The fourth-order valence-electron chi connectivity index (χ4n) is 5.47. The number of pyridine rings is 2. The maximum absolute atomic E-state index is 13.7. The number of hydrogen-bond donors (Lipinski definition) is 1. The first-order chi connectivity index (χ1) is 18.1. The minimum absolute atomic E-state index is 0.127. The fraction of sp³-hybridized carbons (Fsp3) is 0.387. The zero-order valence-electron chi connectivity index (χ0n) is 22.8. The summed E-state index contributed by atoms with van der Waals surface area (Å²) in [5.74, 6) is -1.90. The number of anilines is 2. The van der Waals surface area contributed by atoms with Crippen LogP contribution in [0.25, 0.3) is 11.1 Å². The van der Waals surface area contributed by atoms with E-state index in [9.17, 15) is 13.6 Å². The molecule has 4 rings (SSSR count). The van der Waals surface area contributed by atoms with Crippen LogP contribution in [0, 0.1) is 12.8 Å². The molecule has 0 fully saturated rings. The van der Waals surface area contributed by atoms with Gasteiger partial charge in [-0.1, -0.05) is 32.9 Å². The molecule has 1 aliphatic rings. The highest BCUT2D eigenvalue weighted by molar-refractivity contribution is 6.04. The Kier molecular flexibility index (Phi) is 7.95. The SMILES string of the molecule is C=C1C(CC)C(CCC)c2cc(-c3cc(NC(=O)c4ccnc(C(C)(F)F)c4)ccc3C)cnc2N1CC. The molecule has 1 aromatic carbocycles. The van der Waals surface area contributed by atoms with Crippen LogP contribution in [0.3, 0.4) is 0 Å². The van der Waals surface area contributed by atoms with E-state index in [4.69, 9.17) is 4.98 Å². The predicted molar refractivity (Wildman–Crippen MR) is 150 cm³/mol. The van der Waals surface area contributed by atoms with Crippen LogP contribution in [0.2, 0.25) is 0 Å². The number of allylic oxidation sites excluding steroid dienone is 1. The monoisotopic (exact) mass is 518 g/mol. The average molecular weight is 519 g/mol. The molecule has 0 spiro atoms. The molecule has 3 heterocycles. The van der Waals surface area contributed by atoms with Crippen LogP contribution in [0.1, 0.15) is 80.1 Å². The van der Waals surface area contributed by atoms with Crippen molar-refractivity contribution in [2.45, 2.75) is 65.7 Å². The summed E-state index contributed by atoms with van der Waals surface area (Å²) in [5, 5.41) is 2.85. The molecule has 2 atom stereocenters. The maximum Gasteiger partial charge on any atom is 0.286 e. The average Bonchev–Trinajstić information content (AvgIpc) is 2.89. The van der Waals surface area contributed by atoms with Crippen LogP contribution < -0.4 is 10.2 Å². The van der Waals surface area contributed by atoms with Crippen LogP contribution in [0.5, 0.6) is 0 Å². The van der Waals surface area contributed by atoms with Gasteiger partial charge in [-0.05, 0) is 79.6 Å². The third-order valence-corrected chi connectivity index (χ3v) is 7.44. The maximum atomic E-state index is 13.7. The molecule has 200 valence electrons. The van der Waals surface area contributed by atoms with Crippen molar-refractivity contribution in [2.75, 3.05) is 16.8 Å². The highest BCUT2D eigenvalue weighted by Gasteiger charge is 2.35. The Balaban J connectivity index is 1.69. The molecule has 2 unspecified atom stereocenters. The summed E-state index contributed by atoms with van der Waals surface area (Å²) < 4.78 is 27.4. The lowest BCUT2D eigenvalue weighted by atomic mass is 9.76. The van der Waals surface area contributed by atoms with E-state index >= 15 is 0 Å². The van der Waals surface area contributed by atoms with Gasteiger partial charge in [-0.25, -0.2) is 4.98 Å². The second-order valence-corrected chi connectivity index (χ2v) is 10.1. The van der Waals surface area contributed by atoms with Gasteiger partial charge in [-0.3, -0.25) is 9.78 Å². The van der Waals surface area contributed by atoms with Gasteiger partial charge in [-0.15, -0.1) is 0 Å². The summed E-state index contributed by atoms with van der Waals surface area (Å²) in [7, 11) is 0. The van der Waals surface area contributed by atoms with Crippen LogP contribution in [0.15, 0.2) is 61.1 Å². The van der Waals surface area contributed by atoms with Crippen molar-refractivity contribution in [3.05, 3.63) is 83.5 Å². The second kappa shape index (κ2) is 11.0. The standard InChI is InChI=1S/C31H36F2N4O/c1-7-10-25-24(8-2)20(5)37(9-3)29-27(25)15-22(18-35-29)26-17-23(12-11-19(26)4)36-30(38)21-13-14-34-28(16-21)31(6,32)33/h11-18,24-25H,5,7-10H2,1-4,6H3,(H,36,38). The number of benzene rings is 1. The highest BCUT2D eigenvalue weighted by Crippen LogP contribution is 2.47. The Morgan fingerprint density at radius 3 is 2.53 bits per heavy atom. The number of alkyl halides is 2. The Hall–Kier alpha value is -3.61. The largest absolute Gasteiger partial charge is 0.330 e. The quantitative estimate of drug-likeness (QED) is 0.327. The summed E-state index contributed by atoms with van der Waals surface area (Å²) in [6, 6.07) is 10.5. The number of carbonyl (C=O) groups is 1. The van der Waals surface area contributed by atoms with E-state index in [1.165, 1.54) is 17.8 Å². The smallest absolute Gasteiger partial charge is 0.286 e. The number of rotatable bonds is 8. The van der Waals surface area contributed by atoms with Crippen LogP contribution >= 0.6 is 0 Å². The van der Waals surface area contributed by atoms with E-state index in [1.807, 2.05) is 31.3 Å². The molecule has 0 radical (unpaired) electrons. The predicted octanol–water partition coefficient (Wildman–Crippen LogP) is 8.08. The van der Waals surface area contributed by atoms with E-state index in [0.29, 0.717) is 17.5 Å². The van der Waals surface area contributed by atoms with E-state index in [1.54, 1.807) is 0 Å². The lowest BCUT2D eigenvalue weighted by molar-refractivity contribution is 0.0127. The zero-order valence-corrected chi connectivity index (χ0v) is 22.8. The van der Waals surface area contributed by atoms with Crippen molar-refractivity contribution < 1.29 is 13.6 Å². The van der Waals surface area contributed by atoms with Gasteiger partial charge in [0.2, 0.25) is 0 Å². The molecule has 1 amide bonds. The first kappa shape index (κ1) is 27.4. The Labute approximate surface area is 224 Å². The molecule has 0 saturated heterocycles. The van der Waals surface area contributed by atoms with E-state index in [-0.39, 0.29) is 5.56 Å². The van der Waals surface area contributed by atoms with Crippen LogP contribution in [-0.4, -0.2) is 22.4 Å². The van der Waals surface area contributed by atoms with E-state index < -0.39 is 17.5 Å². The van der Waals surface area contributed by atoms with Crippen molar-refractivity contribution in [1.29, 1.82) is 0 Å². The topological polar surface area (TPSA) is 58.1 Å². The molecule has 5 nitrogen and oxygen atoms in total. The minimum Gasteiger partial charge on any atom is -0.330 e. The van der Waals surface area contributed by atoms with E-state index in [2.05, 4.69) is 48.6 Å². The Morgan fingerprint density at radius 1 is 1.11 bits per heavy atom. The van der Waals surface area contributed by atoms with Gasteiger partial charge in [0.05, 0.1) is 0 Å². The molecule has 0 saturated carbocycles. The number of nitrogens with one attached hydrogen (secondary N) is 1. The van der Waals surface area contributed by atoms with Gasteiger partial charge in [0.15, 0.2) is 0 Å². The number of hydrogen-bond acceptors (Lipinski definition) is 4. The third-order valence-electron chi connectivity index (χ3n) is 7.44. The number of nitrogens with zero attached hydrogens (tertiary/aromatic N) is 3. The van der Waals surface area contributed by atoms with Gasteiger partial charge in [-0.2, -0.15) is 8.78 Å². The van der Waals surface area contributed by atoms with Crippen molar-refractivity contribution in [3.8, 4) is 11.1 Å². The van der Waals surface area contributed by atoms with Gasteiger partial charge in [0.1, 0.15) is 11.5 Å². The van der Waals surface area contributed by atoms with Gasteiger partial charge in [0, 0.05) is 54.3 Å². The first-order valence-electron chi connectivity index (χ1n) is 13.3. The summed E-state index contributed by atoms with van der Waals surface area (Å²) in [6.07, 6.45) is 6.27. The van der Waals surface area contributed by atoms with Crippen molar-refractivity contribution in [3.63, 3.8) is 0 Å². The molecule has 3 aromatic rings. The van der Waals surface area contributed by atoms with Crippen LogP contribution in [-0.2, 0) is 5.92 Å². The molecule has 1 aliphatic heterocycles. The number of carbonyl (C=O) groups excluding carboxylic acids is 1. The minimum atomic E-state index is -3.13. The van der Waals surface area contributed by atoms with Crippen LogP contribution in [0.4, 0.5) is 20.3 Å². The summed E-state index contributed by atoms with van der Waals surface area (Å²) in [5.41, 5.74) is 5.64. The molecule has 7 heteroatoms. The first-order valence-corrected chi connectivity index (χ1v) is 13.3. The molecule has 2 aromatic heterocycles. The molecule has 38 heavy (non-hydrogen) atoms. The van der Waals surface area contributed by atoms with Gasteiger partial charge < -0.3 is 10.2 Å². The Bertz CT molecular complexity index is 1350. The summed E-state index contributed by atoms with van der Waals surface area (Å²) in [4.78, 5) is 23.7. The molecular weight excluding hydrogens is 482 g/mol. The molecular formula is C31H36F2N4O.